The summed E-state index contributed by atoms with van der Waals surface area (Å²) in [6.07, 6.45) is -2.73. The van der Waals surface area contributed by atoms with Crippen LogP contribution in [0.2, 0.25) is 5.02 Å². The van der Waals surface area contributed by atoms with E-state index in [4.69, 9.17) is 20.7 Å². The van der Waals surface area contributed by atoms with Crippen molar-refractivity contribution in [3.05, 3.63) is 79.1 Å². The summed E-state index contributed by atoms with van der Waals surface area (Å²) in [5, 5.41) is 17.4. The Morgan fingerprint density at radius 2 is 1.98 bits per heavy atom. The summed E-state index contributed by atoms with van der Waals surface area (Å²) < 4.78 is 66.1. The molecule has 0 saturated carbocycles. The average Bonchev–Trinajstić information content (AvgIpc) is 3.79. The van der Waals surface area contributed by atoms with Gasteiger partial charge in [0.05, 0.1) is 32.5 Å². The third kappa shape index (κ3) is 6.88. The van der Waals surface area contributed by atoms with Gasteiger partial charge in [-0.1, -0.05) is 18.5 Å². The van der Waals surface area contributed by atoms with E-state index in [2.05, 4.69) is 20.4 Å². The van der Waals surface area contributed by atoms with Gasteiger partial charge in [-0.25, -0.2) is 9.97 Å². The van der Waals surface area contributed by atoms with E-state index < -0.39 is 48.7 Å². The maximum Gasteiger partial charge on any atom is 0.416 e. The van der Waals surface area contributed by atoms with Crippen LogP contribution in [0.15, 0.2) is 35.4 Å². The van der Waals surface area contributed by atoms with Crippen molar-refractivity contribution in [2.24, 2.45) is 0 Å². The van der Waals surface area contributed by atoms with E-state index in [9.17, 15) is 32.7 Å². The second kappa shape index (κ2) is 14.3. The number of alkyl halides is 3. The molecule has 4 aromatic heterocycles. The van der Waals surface area contributed by atoms with Crippen LogP contribution in [0.1, 0.15) is 55.8 Å². The Morgan fingerprint density at radius 3 is 2.69 bits per heavy atom. The van der Waals surface area contributed by atoms with Crippen LogP contribution in [0.4, 0.5) is 24.5 Å². The first kappa shape index (κ1) is 33.5. The van der Waals surface area contributed by atoms with Gasteiger partial charge in [0.2, 0.25) is 11.7 Å². The molecule has 2 aliphatic heterocycles. The summed E-state index contributed by atoms with van der Waals surface area (Å²) in [7, 11) is 0. The van der Waals surface area contributed by atoms with Crippen LogP contribution >= 0.6 is 22.9 Å². The maximum atomic E-state index is 14.5. The Bertz CT molecular complexity index is 2470. The molecule has 1 fully saturated rings. The zero-order chi connectivity index (χ0) is 41.1. The van der Waals surface area contributed by atoms with Gasteiger partial charge in [0, 0.05) is 47.8 Å². The summed E-state index contributed by atoms with van der Waals surface area (Å²) in [6, 6.07) is 3.97. The number of aromatic nitrogens is 6. The lowest BCUT2D eigenvalue weighted by Gasteiger charge is -2.41. The Hall–Kier alpha value is -5.07. The number of aromatic hydroxyl groups is 1. The van der Waals surface area contributed by atoms with Crippen LogP contribution in [-0.2, 0) is 36.9 Å². The highest BCUT2D eigenvalue weighted by Crippen LogP contribution is 2.35. The fourth-order valence-corrected chi connectivity index (χ4v) is 8.20. The molecule has 0 spiro atoms. The summed E-state index contributed by atoms with van der Waals surface area (Å²) in [4.78, 5) is 60.5. The topological polar surface area (TPSA) is 154 Å². The average molecular weight is 788 g/mol. The monoisotopic (exact) mass is 787 g/mol. The van der Waals surface area contributed by atoms with E-state index >= 15 is 0 Å². The van der Waals surface area contributed by atoms with Gasteiger partial charge in [-0.15, -0.1) is 16.4 Å². The first-order valence-corrected chi connectivity index (χ1v) is 18.2. The van der Waals surface area contributed by atoms with E-state index in [0.29, 0.717) is 29.6 Å². The molecule has 2 N–H and O–H groups in total. The zero-order valence-electron chi connectivity index (χ0n) is 32.2. The van der Waals surface area contributed by atoms with Crippen molar-refractivity contribution in [1.82, 2.24) is 38.9 Å². The second-order valence-electron chi connectivity index (χ2n) is 13.1. The van der Waals surface area contributed by atoms with E-state index in [-0.39, 0.29) is 77.7 Å². The SMILES string of the molecule is [2H]C([2H])([2H])N1CCc2cc(-c3nc4n(CC(=O)Nc5ccc(C(F)(F)F)cc5Cl)c(CC)c(N5CCN(C(=O)c6ncnc(C)c6O)[C@H](C)C5)c(=O)n4n3)sc2C1. The van der Waals surface area contributed by atoms with Crippen molar-refractivity contribution in [2.75, 3.05) is 43.4 Å². The van der Waals surface area contributed by atoms with Crippen LogP contribution in [0, 0.1) is 6.92 Å². The van der Waals surface area contributed by atoms with Crippen molar-refractivity contribution in [3.8, 4) is 16.5 Å². The number of carbonyl (C=O) groups excluding carboxylic acids is 2. The molecule has 1 aromatic carbocycles. The molecule has 0 unspecified atom stereocenters. The number of halogens is 4. The Balaban J connectivity index is 1.27. The summed E-state index contributed by atoms with van der Waals surface area (Å²) in [5.41, 5.74) is 0.0999. The van der Waals surface area contributed by atoms with Crippen molar-refractivity contribution in [3.63, 3.8) is 0 Å². The van der Waals surface area contributed by atoms with E-state index in [1.807, 2.05) is 6.07 Å². The molecule has 284 valence electrons. The first-order chi connectivity index (χ1) is 26.8. The molecule has 6 heterocycles. The van der Waals surface area contributed by atoms with E-state index in [1.165, 1.54) is 27.1 Å². The highest BCUT2D eigenvalue weighted by Gasteiger charge is 2.35. The molecule has 19 heteroatoms. The molecule has 1 saturated heterocycles. The number of aryl methyl sites for hydroxylation is 1. The standard InChI is InChI=1S/C35H36ClF3N10O4S/c1-5-24-29(46-10-11-47(18(2)14-46)32(52)28-30(51)19(3)40-17-41-28)33(53)49-34(43-31(44-49)25-12-20-8-9-45(4)15-26(20)54-25)48(24)16-27(50)42-23-7-6-21(13-22(23)36)35(37,38)39/h6-7,12-13,17-18,51H,5,8-11,14-16H2,1-4H3,(H,42,50)/t18-/m1/s1/i4D3. The molecule has 7 rings (SSSR count). The lowest BCUT2D eigenvalue weighted by molar-refractivity contribution is -0.137. The second-order valence-corrected chi connectivity index (χ2v) is 14.7. The minimum Gasteiger partial charge on any atom is -0.504 e. The number of likely N-dealkylation sites (N-methyl/N-ethyl adjacent to an activating group) is 1. The molecule has 1 atom stereocenters. The minimum atomic E-state index is -4.64. The largest absolute Gasteiger partial charge is 0.504 e. The van der Waals surface area contributed by atoms with Gasteiger partial charge >= 0.3 is 6.18 Å². The zero-order valence-corrected chi connectivity index (χ0v) is 30.8. The van der Waals surface area contributed by atoms with Gasteiger partial charge in [0.15, 0.2) is 17.3 Å². The first-order valence-electron chi connectivity index (χ1n) is 18.5. The Morgan fingerprint density at radius 1 is 1.19 bits per heavy atom. The molecule has 54 heavy (non-hydrogen) atoms. The van der Waals surface area contributed by atoms with Gasteiger partial charge in [-0.3, -0.25) is 14.4 Å². The number of thiophene rings is 1. The number of hydrogen-bond donors (Lipinski definition) is 2. The Kier molecular flexibility index (Phi) is 8.87. The van der Waals surface area contributed by atoms with Gasteiger partial charge in [0.1, 0.15) is 18.6 Å². The molecule has 14 nitrogen and oxygen atoms in total. The van der Waals surface area contributed by atoms with Crippen LogP contribution in [0.5, 0.6) is 5.75 Å². The number of nitrogens with zero attached hydrogens (tertiary/aromatic N) is 9. The van der Waals surface area contributed by atoms with Crippen LogP contribution in [0.25, 0.3) is 16.5 Å². The van der Waals surface area contributed by atoms with Gasteiger partial charge in [-0.2, -0.15) is 22.7 Å². The number of piperazine rings is 1. The number of nitrogens with one attached hydrogen (secondary N) is 1. The fraction of sp³-hybridized carbons (Fsp3) is 0.400. The molecule has 2 amide bonds. The molecular weight excluding hydrogens is 749 g/mol. The van der Waals surface area contributed by atoms with Crippen molar-refractivity contribution < 1.29 is 32.0 Å². The molecule has 0 radical (unpaired) electrons. The maximum absolute atomic E-state index is 14.5. The normalized spacial score (nSPS) is 17.6. The molecule has 2 aliphatic rings. The third-order valence-corrected chi connectivity index (χ3v) is 11.0. The Labute approximate surface area is 320 Å². The number of fused-ring (bicyclic) bond motifs is 2. The number of rotatable bonds is 7. The van der Waals surface area contributed by atoms with E-state index in [1.54, 1.807) is 30.6 Å². The van der Waals surface area contributed by atoms with Crippen molar-refractivity contribution >= 4 is 51.9 Å². The lowest BCUT2D eigenvalue weighted by atomic mass is 10.1. The molecule has 0 aliphatic carbocycles. The molecule has 0 bridgehead atoms. The van der Waals surface area contributed by atoms with Gasteiger partial charge < -0.3 is 29.7 Å². The third-order valence-electron chi connectivity index (χ3n) is 9.55. The fourth-order valence-electron chi connectivity index (χ4n) is 6.81. The predicted octanol–water partition coefficient (Wildman–Crippen LogP) is 4.64. The van der Waals surface area contributed by atoms with Crippen LogP contribution in [-0.4, -0.2) is 95.1 Å². The quantitative estimate of drug-likeness (QED) is 0.239. The highest BCUT2D eigenvalue weighted by molar-refractivity contribution is 7.15. The van der Waals surface area contributed by atoms with Crippen LogP contribution in [0.3, 0.4) is 0 Å². The smallest absolute Gasteiger partial charge is 0.416 e. The molecule has 5 aromatic rings. The minimum absolute atomic E-state index is 0.0243. The molecular formula is C35H36ClF3N10O4S. The lowest BCUT2D eigenvalue weighted by Crippen LogP contribution is -2.55. The van der Waals surface area contributed by atoms with Crippen molar-refractivity contribution in [2.45, 2.75) is 58.9 Å². The van der Waals surface area contributed by atoms with Crippen LogP contribution < -0.4 is 15.8 Å². The van der Waals surface area contributed by atoms with Gasteiger partial charge in [0.25, 0.3) is 11.5 Å². The number of hydrogen-bond acceptors (Lipinski definition) is 11. The number of amides is 2. The predicted molar refractivity (Wildman–Crippen MR) is 196 cm³/mol. The van der Waals surface area contributed by atoms with E-state index in [0.717, 1.165) is 27.1 Å². The van der Waals surface area contributed by atoms with Gasteiger partial charge in [-0.05, 0) is 63.5 Å². The number of anilines is 2. The summed E-state index contributed by atoms with van der Waals surface area (Å²) >= 11 is 7.47. The number of benzene rings is 1. The highest BCUT2D eigenvalue weighted by atomic mass is 35.5. The number of carbonyl (C=O) groups is 2. The summed E-state index contributed by atoms with van der Waals surface area (Å²) in [6.45, 7) is 3.47. The van der Waals surface area contributed by atoms with Crippen molar-refractivity contribution in [1.29, 1.82) is 0 Å². The summed E-state index contributed by atoms with van der Waals surface area (Å²) in [5.74, 6) is -1.30.